The first-order valence-electron chi connectivity index (χ1n) is 10.1. The Balaban J connectivity index is 1.63. The average molecular weight is 435 g/mol. The third kappa shape index (κ3) is 3.38. The number of halogens is 1. The lowest BCUT2D eigenvalue weighted by Gasteiger charge is -2.07. The molecule has 0 spiro atoms. The molecule has 4 aromatic rings. The first-order valence-corrected chi connectivity index (χ1v) is 12.1. The van der Waals surface area contributed by atoms with Gasteiger partial charge in [0.05, 0.1) is 0 Å². The Kier molecular flexibility index (Phi) is 4.90. The molecule has 0 fully saturated rings. The van der Waals surface area contributed by atoms with Crippen molar-refractivity contribution in [3.05, 3.63) is 80.0 Å². The molecular formula is C26H23ClS2. The predicted octanol–water partition coefficient (Wildman–Crippen LogP) is 9.30. The minimum Gasteiger partial charge on any atom is -0.140 e. The first-order chi connectivity index (χ1) is 14.0. The Hall–Kier alpha value is -1.87. The molecule has 3 heteroatoms. The highest BCUT2D eigenvalue weighted by atomic mass is 35.5. The van der Waals surface area contributed by atoms with E-state index < -0.39 is 0 Å². The number of thiophene rings is 2. The second-order valence-electron chi connectivity index (χ2n) is 7.95. The van der Waals surface area contributed by atoms with Crippen LogP contribution >= 0.6 is 34.3 Å². The van der Waals surface area contributed by atoms with Gasteiger partial charge in [-0.1, -0.05) is 41.4 Å². The monoisotopic (exact) mass is 434 g/mol. The largest absolute Gasteiger partial charge is 0.140 e. The van der Waals surface area contributed by atoms with Crippen LogP contribution in [0.15, 0.2) is 48.5 Å². The van der Waals surface area contributed by atoms with Crippen LogP contribution in [0.1, 0.15) is 45.7 Å². The van der Waals surface area contributed by atoms with E-state index in [0.717, 1.165) is 5.02 Å². The zero-order valence-electron chi connectivity index (χ0n) is 16.9. The van der Waals surface area contributed by atoms with Crippen LogP contribution in [-0.2, 0) is 0 Å². The maximum Gasteiger partial charge on any atom is 0.0413 e. The van der Waals surface area contributed by atoms with E-state index in [2.05, 4.69) is 63.2 Å². The van der Waals surface area contributed by atoms with Gasteiger partial charge in [-0.15, -0.1) is 22.7 Å². The summed E-state index contributed by atoms with van der Waals surface area (Å²) in [5.74, 6) is 0. The quantitative estimate of drug-likeness (QED) is 0.301. The van der Waals surface area contributed by atoms with Crippen molar-refractivity contribution in [1.82, 2.24) is 0 Å². The first kappa shape index (κ1) is 19.1. The molecule has 0 unspecified atom stereocenters. The van der Waals surface area contributed by atoms with Gasteiger partial charge in [0, 0.05) is 24.4 Å². The lowest BCUT2D eigenvalue weighted by Crippen LogP contribution is -1.86. The van der Waals surface area contributed by atoms with Crippen molar-refractivity contribution in [1.29, 1.82) is 0 Å². The summed E-state index contributed by atoms with van der Waals surface area (Å²) in [5.41, 5.74) is 8.57. The minimum absolute atomic E-state index is 0.821. The van der Waals surface area contributed by atoms with Crippen molar-refractivity contribution in [2.45, 2.75) is 40.0 Å². The van der Waals surface area contributed by atoms with Gasteiger partial charge in [0.2, 0.25) is 0 Å². The van der Waals surface area contributed by atoms with Crippen LogP contribution in [0, 0.1) is 20.8 Å². The second-order valence-corrected chi connectivity index (χ2v) is 10.7. The SMILES string of the molecule is Cc1ccc(-c2cc(C3=C(c4sc5ccc(Cl)cc5c4C)CCC3)c(C)s2)cc1. The molecule has 0 bridgehead atoms. The van der Waals surface area contributed by atoms with Crippen LogP contribution in [0.5, 0.6) is 0 Å². The molecule has 0 radical (unpaired) electrons. The average Bonchev–Trinajstić information content (AvgIpc) is 3.40. The lowest BCUT2D eigenvalue weighted by atomic mass is 9.98. The Morgan fingerprint density at radius 2 is 1.59 bits per heavy atom. The topological polar surface area (TPSA) is 0 Å². The van der Waals surface area contributed by atoms with E-state index in [-0.39, 0.29) is 0 Å². The standard InChI is InChI=1S/C26H23ClS2/c1-15-7-9-18(10-8-15)25-14-23(17(3)28-25)20-5-4-6-21(20)26-16(2)22-13-19(27)11-12-24(22)29-26/h7-14H,4-6H2,1-3H3. The Morgan fingerprint density at radius 1 is 0.828 bits per heavy atom. The molecule has 2 aromatic carbocycles. The van der Waals surface area contributed by atoms with Gasteiger partial charge in [0.1, 0.15) is 0 Å². The third-order valence-electron chi connectivity index (χ3n) is 5.97. The van der Waals surface area contributed by atoms with E-state index in [1.165, 1.54) is 66.2 Å². The van der Waals surface area contributed by atoms with Crippen molar-refractivity contribution in [2.75, 3.05) is 0 Å². The van der Waals surface area contributed by atoms with E-state index in [1.54, 1.807) is 11.1 Å². The van der Waals surface area contributed by atoms with Crippen LogP contribution in [-0.4, -0.2) is 0 Å². The molecule has 1 aliphatic rings. The molecule has 0 amide bonds. The van der Waals surface area contributed by atoms with E-state index >= 15 is 0 Å². The molecule has 2 heterocycles. The van der Waals surface area contributed by atoms with E-state index in [1.807, 2.05) is 28.7 Å². The van der Waals surface area contributed by atoms with Gasteiger partial charge in [-0.05, 0) is 97.5 Å². The van der Waals surface area contributed by atoms with Gasteiger partial charge < -0.3 is 0 Å². The summed E-state index contributed by atoms with van der Waals surface area (Å²) >= 11 is 10.1. The number of hydrogen-bond acceptors (Lipinski definition) is 2. The number of rotatable bonds is 3. The third-order valence-corrected chi connectivity index (χ3v) is 8.64. The van der Waals surface area contributed by atoms with Crippen LogP contribution in [0.2, 0.25) is 5.02 Å². The van der Waals surface area contributed by atoms with Gasteiger partial charge in [-0.3, -0.25) is 0 Å². The fourth-order valence-corrected chi connectivity index (χ4v) is 6.93. The zero-order chi connectivity index (χ0) is 20.1. The lowest BCUT2D eigenvalue weighted by molar-refractivity contribution is 0.942. The molecule has 1 aliphatic carbocycles. The summed E-state index contributed by atoms with van der Waals surface area (Å²) in [6.45, 7) is 6.68. The summed E-state index contributed by atoms with van der Waals surface area (Å²) in [7, 11) is 0. The highest BCUT2D eigenvalue weighted by Gasteiger charge is 2.24. The number of hydrogen-bond donors (Lipinski definition) is 0. The Morgan fingerprint density at radius 3 is 2.38 bits per heavy atom. The molecular weight excluding hydrogens is 412 g/mol. The summed E-state index contributed by atoms with van der Waals surface area (Å²) < 4.78 is 1.34. The van der Waals surface area contributed by atoms with Gasteiger partial charge >= 0.3 is 0 Å². The van der Waals surface area contributed by atoms with Crippen molar-refractivity contribution >= 4 is 55.5 Å². The van der Waals surface area contributed by atoms with Crippen molar-refractivity contribution in [2.24, 2.45) is 0 Å². The van der Waals surface area contributed by atoms with Crippen molar-refractivity contribution in [3.8, 4) is 10.4 Å². The van der Waals surface area contributed by atoms with Crippen LogP contribution < -0.4 is 0 Å². The normalized spacial score (nSPS) is 14.3. The smallest absolute Gasteiger partial charge is 0.0413 e. The molecule has 0 N–H and O–H groups in total. The molecule has 2 aromatic heterocycles. The van der Waals surface area contributed by atoms with Crippen LogP contribution in [0.25, 0.3) is 31.7 Å². The molecule has 146 valence electrons. The highest BCUT2D eigenvalue weighted by Crippen LogP contribution is 2.48. The van der Waals surface area contributed by atoms with Crippen LogP contribution in [0.3, 0.4) is 0 Å². The van der Waals surface area contributed by atoms with Crippen molar-refractivity contribution < 1.29 is 0 Å². The van der Waals surface area contributed by atoms with Crippen LogP contribution in [0.4, 0.5) is 0 Å². The summed E-state index contributed by atoms with van der Waals surface area (Å²) in [5, 5.41) is 2.13. The number of fused-ring (bicyclic) bond motifs is 1. The molecule has 0 atom stereocenters. The minimum atomic E-state index is 0.821. The molecule has 0 saturated carbocycles. The highest BCUT2D eigenvalue weighted by molar-refractivity contribution is 7.20. The fourth-order valence-electron chi connectivity index (χ4n) is 4.41. The Bertz CT molecular complexity index is 1250. The summed E-state index contributed by atoms with van der Waals surface area (Å²) in [4.78, 5) is 4.25. The molecule has 0 saturated heterocycles. The van der Waals surface area contributed by atoms with Gasteiger partial charge in [0.15, 0.2) is 0 Å². The maximum atomic E-state index is 6.27. The molecule has 5 rings (SSSR count). The van der Waals surface area contributed by atoms with Gasteiger partial charge in [-0.2, -0.15) is 0 Å². The molecule has 0 nitrogen and oxygen atoms in total. The van der Waals surface area contributed by atoms with Crippen molar-refractivity contribution in [3.63, 3.8) is 0 Å². The Labute approximate surface area is 185 Å². The number of benzene rings is 2. The van der Waals surface area contributed by atoms with Gasteiger partial charge in [-0.25, -0.2) is 0 Å². The summed E-state index contributed by atoms with van der Waals surface area (Å²) in [6, 6.07) is 17.6. The fraction of sp³-hybridized carbons (Fsp3) is 0.231. The van der Waals surface area contributed by atoms with E-state index in [0.29, 0.717) is 0 Å². The van der Waals surface area contributed by atoms with Gasteiger partial charge in [0.25, 0.3) is 0 Å². The summed E-state index contributed by atoms with van der Waals surface area (Å²) in [6.07, 6.45) is 3.59. The van der Waals surface area contributed by atoms with E-state index in [4.69, 9.17) is 11.6 Å². The number of allylic oxidation sites excluding steroid dienone is 2. The molecule has 0 aliphatic heterocycles. The van der Waals surface area contributed by atoms with E-state index in [9.17, 15) is 0 Å². The maximum absolute atomic E-state index is 6.27. The zero-order valence-corrected chi connectivity index (χ0v) is 19.3. The second kappa shape index (κ2) is 7.43. The number of aryl methyl sites for hydroxylation is 3. The predicted molar refractivity (Wildman–Crippen MR) is 131 cm³/mol. The molecule has 29 heavy (non-hydrogen) atoms.